The molecule has 0 saturated heterocycles. The van der Waals surface area contributed by atoms with Gasteiger partial charge in [0.1, 0.15) is 16.7 Å². The molecule has 1 heterocycles. The van der Waals surface area contributed by atoms with Gasteiger partial charge in [-0.3, -0.25) is 0 Å². The van der Waals surface area contributed by atoms with E-state index in [0.29, 0.717) is 11.7 Å². The predicted molar refractivity (Wildman–Crippen MR) is 59.6 cm³/mol. The zero-order valence-corrected chi connectivity index (χ0v) is 9.40. The van der Waals surface area contributed by atoms with E-state index in [-0.39, 0.29) is 0 Å². The first-order valence-electron chi connectivity index (χ1n) is 4.99. The van der Waals surface area contributed by atoms with Crippen molar-refractivity contribution in [3.05, 3.63) is 11.4 Å². The Morgan fingerprint density at radius 1 is 1.43 bits per heavy atom. The van der Waals surface area contributed by atoms with E-state index < -0.39 is 0 Å². The molecule has 76 valence electrons. The molecule has 14 heavy (non-hydrogen) atoms. The van der Waals surface area contributed by atoms with E-state index in [2.05, 4.69) is 16.9 Å². The number of anilines is 1. The van der Waals surface area contributed by atoms with E-state index >= 15 is 0 Å². The highest BCUT2D eigenvalue weighted by Gasteiger charge is 2.27. The molecule has 0 bridgehead atoms. The molecule has 1 fully saturated rings. The number of hydrogen-bond acceptors (Lipinski definition) is 4. The van der Waals surface area contributed by atoms with Crippen molar-refractivity contribution >= 4 is 17.6 Å². The summed E-state index contributed by atoms with van der Waals surface area (Å²) in [5.41, 5.74) is 6.88. The molecule has 0 atom stereocenters. The second-order valence-corrected chi connectivity index (χ2v) is 4.86. The van der Waals surface area contributed by atoms with Gasteiger partial charge in [-0.25, -0.2) is 9.97 Å². The van der Waals surface area contributed by atoms with Gasteiger partial charge in [-0.05, 0) is 25.5 Å². The fourth-order valence-corrected chi connectivity index (χ4v) is 2.08. The quantitative estimate of drug-likeness (QED) is 0.613. The van der Waals surface area contributed by atoms with Crippen molar-refractivity contribution in [1.82, 2.24) is 9.97 Å². The van der Waals surface area contributed by atoms with Gasteiger partial charge < -0.3 is 5.73 Å². The standard InChI is InChI=1S/C10H15N3S/c1-3-14-10-6(2)8(11)12-9(13-10)7-4-5-7/h7H,3-5H2,1-2H3,(H2,11,12,13). The highest BCUT2D eigenvalue weighted by atomic mass is 32.2. The zero-order valence-electron chi connectivity index (χ0n) is 8.58. The fourth-order valence-electron chi connectivity index (χ4n) is 1.33. The van der Waals surface area contributed by atoms with Crippen LogP contribution >= 0.6 is 11.8 Å². The number of hydrogen-bond donors (Lipinski definition) is 1. The van der Waals surface area contributed by atoms with E-state index in [1.54, 1.807) is 11.8 Å². The molecule has 1 saturated carbocycles. The van der Waals surface area contributed by atoms with Gasteiger partial charge in [-0.1, -0.05) is 6.92 Å². The maximum absolute atomic E-state index is 5.85. The molecule has 3 nitrogen and oxygen atoms in total. The van der Waals surface area contributed by atoms with Crippen molar-refractivity contribution in [2.75, 3.05) is 11.5 Å². The van der Waals surface area contributed by atoms with Crippen molar-refractivity contribution in [2.45, 2.75) is 37.6 Å². The Bertz CT molecular complexity index is 347. The lowest BCUT2D eigenvalue weighted by atomic mass is 10.3. The summed E-state index contributed by atoms with van der Waals surface area (Å²) in [6, 6.07) is 0. The number of nitrogen functional groups attached to an aromatic ring is 1. The molecule has 0 amide bonds. The average molecular weight is 209 g/mol. The van der Waals surface area contributed by atoms with E-state index in [9.17, 15) is 0 Å². The lowest BCUT2D eigenvalue weighted by Crippen LogP contribution is -2.03. The first-order valence-corrected chi connectivity index (χ1v) is 5.97. The second kappa shape index (κ2) is 3.77. The van der Waals surface area contributed by atoms with Gasteiger partial charge in [0.25, 0.3) is 0 Å². The Kier molecular flexibility index (Phi) is 2.63. The van der Waals surface area contributed by atoms with Crippen molar-refractivity contribution in [1.29, 1.82) is 0 Å². The molecule has 0 aliphatic heterocycles. The Labute approximate surface area is 88.5 Å². The summed E-state index contributed by atoms with van der Waals surface area (Å²) < 4.78 is 0. The smallest absolute Gasteiger partial charge is 0.135 e. The Balaban J connectivity index is 2.35. The normalized spacial score (nSPS) is 15.9. The molecule has 2 N–H and O–H groups in total. The van der Waals surface area contributed by atoms with E-state index in [0.717, 1.165) is 22.2 Å². The van der Waals surface area contributed by atoms with Crippen LogP contribution in [0.5, 0.6) is 0 Å². The number of nitrogens with zero attached hydrogens (tertiary/aromatic N) is 2. The maximum atomic E-state index is 5.85. The van der Waals surface area contributed by atoms with Gasteiger partial charge in [-0.15, -0.1) is 11.8 Å². The third kappa shape index (κ3) is 1.85. The minimum absolute atomic E-state index is 0.578. The molecule has 0 aromatic carbocycles. The van der Waals surface area contributed by atoms with Gasteiger partial charge >= 0.3 is 0 Å². The van der Waals surface area contributed by atoms with Gasteiger partial charge in [0, 0.05) is 11.5 Å². The summed E-state index contributed by atoms with van der Waals surface area (Å²) in [4.78, 5) is 8.89. The SMILES string of the molecule is CCSc1nc(C2CC2)nc(N)c1C. The molecule has 1 aromatic rings. The number of nitrogens with two attached hydrogens (primary N) is 1. The van der Waals surface area contributed by atoms with E-state index in [4.69, 9.17) is 5.73 Å². The summed E-state index contributed by atoms with van der Waals surface area (Å²) in [5.74, 6) is 3.21. The van der Waals surface area contributed by atoms with Crippen molar-refractivity contribution < 1.29 is 0 Å². The molecule has 2 rings (SSSR count). The minimum Gasteiger partial charge on any atom is -0.383 e. The van der Waals surface area contributed by atoms with Gasteiger partial charge in [0.15, 0.2) is 0 Å². The van der Waals surface area contributed by atoms with Crippen LogP contribution in [0, 0.1) is 6.92 Å². The summed E-state index contributed by atoms with van der Waals surface area (Å²) in [6.07, 6.45) is 2.44. The van der Waals surface area contributed by atoms with Gasteiger partial charge in [0.2, 0.25) is 0 Å². The van der Waals surface area contributed by atoms with Gasteiger partial charge in [0.05, 0.1) is 0 Å². The number of rotatable bonds is 3. The van der Waals surface area contributed by atoms with Crippen LogP contribution in [0.25, 0.3) is 0 Å². The average Bonchev–Trinajstić information content (AvgIpc) is 2.96. The first-order chi connectivity index (χ1) is 6.72. The molecule has 1 aromatic heterocycles. The molecular weight excluding hydrogens is 194 g/mol. The fraction of sp³-hybridized carbons (Fsp3) is 0.600. The third-order valence-electron chi connectivity index (χ3n) is 2.38. The third-order valence-corrected chi connectivity index (χ3v) is 3.34. The zero-order chi connectivity index (χ0) is 10.1. The Hall–Kier alpha value is -0.770. The second-order valence-electron chi connectivity index (χ2n) is 3.60. The summed E-state index contributed by atoms with van der Waals surface area (Å²) in [7, 11) is 0. The predicted octanol–water partition coefficient (Wildman–Crippen LogP) is 2.36. The van der Waals surface area contributed by atoms with Crippen LogP contribution in [-0.2, 0) is 0 Å². The van der Waals surface area contributed by atoms with Crippen LogP contribution in [0.15, 0.2) is 5.03 Å². The van der Waals surface area contributed by atoms with Gasteiger partial charge in [-0.2, -0.15) is 0 Å². The van der Waals surface area contributed by atoms with Crippen LogP contribution in [0.2, 0.25) is 0 Å². The molecule has 1 aliphatic carbocycles. The lowest BCUT2D eigenvalue weighted by molar-refractivity contribution is 0.868. The highest BCUT2D eigenvalue weighted by Crippen LogP contribution is 2.39. The van der Waals surface area contributed by atoms with Crippen LogP contribution in [0.4, 0.5) is 5.82 Å². The van der Waals surface area contributed by atoms with Crippen molar-refractivity contribution in [2.24, 2.45) is 0 Å². The van der Waals surface area contributed by atoms with E-state index in [1.807, 2.05) is 6.92 Å². The summed E-state index contributed by atoms with van der Waals surface area (Å²) in [6.45, 7) is 4.11. The lowest BCUT2D eigenvalue weighted by Gasteiger charge is -2.07. The van der Waals surface area contributed by atoms with Crippen LogP contribution in [0.1, 0.15) is 37.1 Å². The van der Waals surface area contributed by atoms with Crippen LogP contribution in [-0.4, -0.2) is 15.7 Å². The highest BCUT2D eigenvalue weighted by molar-refractivity contribution is 7.99. The molecule has 0 spiro atoms. The summed E-state index contributed by atoms with van der Waals surface area (Å²) in [5, 5.41) is 1.06. The molecule has 0 unspecified atom stereocenters. The molecule has 0 radical (unpaired) electrons. The van der Waals surface area contributed by atoms with Crippen molar-refractivity contribution in [3.63, 3.8) is 0 Å². The van der Waals surface area contributed by atoms with Crippen molar-refractivity contribution in [3.8, 4) is 0 Å². The molecule has 1 aliphatic rings. The van der Waals surface area contributed by atoms with E-state index in [1.165, 1.54) is 12.8 Å². The first kappa shape index (κ1) is 9.77. The minimum atomic E-state index is 0.578. The Morgan fingerprint density at radius 3 is 2.71 bits per heavy atom. The topological polar surface area (TPSA) is 51.8 Å². The number of thioether (sulfide) groups is 1. The maximum Gasteiger partial charge on any atom is 0.135 e. The van der Waals surface area contributed by atoms with Crippen LogP contribution < -0.4 is 5.73 Å². The molecular formula is C10H15N3S. The molecule has 4 heteroatoms. The Morgan fingerprint density at radius 2 is 2.14 bits per heavy atom. The summed E-state index contributed by atoms with van der Waals surface area (Å²) >= 11 is 1.74. The largest absolute Gasteiger partial charge is 0.383 e. The van der Waals surface area contributed by atoms with Crippen LogP contribution in [0.3, 0.4) is 0 Å². The monoisotopic (exact) mass is 209 g/mol. The number of aromatic nitrogens is 2.